The van der Waals surface area contributed by atoms with Gasteiger partial charge in [0.05, 0.1) is 6.10 Å². The Hall–Kier alpha value is -0.650. The Balaban J connectivity index is 2.25. The quantitative estimate of drug-likeness (QED) is 0.476. The van der Waals surface area contributed by atoms with Crippen LogP contribution in [0.15, 0.2) is 11.1 Å². The first-order valence-corrected chi connectivity index (χ1v) is 7.55. The minimum Gasteiger partial charge on any atom is -0.309 e. The van der Waals surface area contributed by atoms with Gasteiger partial charge in [0.25, 0.3) is 0 Å². The van der Waals surface area contributed by atoms with Gasteiger partial charge in [-0.05, 0) is 43.9 Å². The summed E-state index contributed by atoms with van der Waals surface area (Å²) in [6, 6.07) is 0. The van der Waals surface area contributed by atoms with Gasteiger partial charge in [-0.1, -0.05) is 31.9 Å². The summed E-state index contributed by atoms with van der Waals surface area (Å²) in [7, 11) is 0. The molecule has 0 aromatic rings. The molecule has 0 aliphatic heterocycles. The van der Waals surface area contributed by atoms with E-state index in [2.05, 4.69) is 25.5 Å². The second kappa shape index (κ2) is 5.18. The lowest BCUT2D eigenvalue weighted by atomic mass is 9.67. The second-order valence-corrected chi connectivity index (χ2v) is 7.81. The maximum atomic E-state index is 13.2. The van der Waals surface area contributed by atoms with Crippen LogP contribution in [0.3, 0.4) is 0 Å². The molecule has 0 saturated heterocycles. The van der Waals surface area contributed by atoms with E-state index in [9.17, 15) is 22.0 Å². The van der Waals surface area contributed by atoms with Crippen molar-refractivity contribution >= 4 is 0 Å². The van der Waals surface area contributed by atoms with Crippen molar-refractivity contribution in [1.29, 1.82) is 0 Å². The summed E-state index contributed by atoms with van der Waals surface area (Å²) in [5, 5.41) is 0. The molecule has 2 aliphatic carbocycles. The molecule has 4 unspecified atom stereocenters. The van der Waals surface area contributed by atoms with Crippen LogP contribution in [0.25, 0.3) is 0 Å². The van der Waals surface area contributed by atoms with Crippen LogP contribution >= 0.6 is 0 Å². The molecule has 22 heavy (non-hydrogen) atoms. The van der Waals surface area contributed by atoms with Gasteiger partial charge in [-0.3, -0.25) is 0 Å². The molecular formula is C16H23F5O. The van der Waals surface area contributed by atoms with Gasteiger partial charge in [0, 0.05) is 5.92 Å². The van der Waals surface area contributed by atoms with E-state index >= 15 is 0 Å². The highest BCUT2D eigenvalue weighted by atomic mass is 19.4. The first kappa shape index (κ1) is 17.7. The Morgan fingerprint density at radius 3 is 1.95 bits per heavy atom. The van der Waals surface area contributed by atoms with Crippen LogP contribution in [0, 0.1) is 23.2 Å². The molecule has 4 atom stereocenters. The minimum absolute atomic E-state index is 0.0382. The summed E-state index contributed by atoms with van der Waals surface area (Å²) in [4.78, 5) is 0. The Morgan fingerprint density at radius 1 is 1.00 bits per heavy atom. The third-order valence-corrected chi connectivity index (χ3v) is 4.89. The van der Waals surface area contributed by atoms with Crippen molar-refractivity contribution in [3.8, 4) is 0 Å². The van der Waals surface area contributed by atoms with Crippen molar-refractivity contribution in [3.05, 3.63) is 11.1 Å². The summed E-state index contributed by atoms with van der Waals surface area (Å²) in [5.41, 5.74) is 1.99. The van der Waals surface area contributed by atoms with Crippen molar-refractivity contribution in [2.75, 3.05) is 0 Å². The lowest BCUT2D eigenvalue weighted by molar-refractivity contribution is -0.404. The Labute approximate surface area is 127 Å². The molecule has 6 heteroatoms. The molecule has 0 aromatic heterocycles. The lowest BCUT2D eigenvalue weighted by Gasteiger charge is -2.40. The number of rotatable bonds is 2. The molecule has 2 aliphatic rings. The molecule has 0 spiro atoms. The average Bonchev–Trinajstić information content (AvgIpc) is 2.81. The average molecular weight is 326 g/mol. The van der Waals surface area contributed by atoms with Crippen LogP contribution in [0.1, 0.15) is 47.5 Å². The standard InChI is InChI=1S/C16H23F5O/c1-8(2)12-10-6-9(13(12)14(3,4)5)7-11(10)22-16(20,21)15(17,18)19/h9-11,13H,6-7H2,1-5H3. The predicted molar refractivity (Wildman–Crippen MR) is 73.4 cm³/mol. The highest BCUT2D eigenvalue weighted by molar-refractivity contribution is 5.29. The van der Waals surface area contributed by atoms with E-state index in [0.717, 1.165) is 11.1 Å². The molecule has 2 rings (SSSR count). The van der Waals surface area contributed by atoms with Crippen molar-refractivity contribution in [1.82, 2.24) is 0 Å². The van der Waals surface area contributed by atoms with Crippen LogP contribution < -0.4 is 0 Å². The molecule has 0 amide bonds. The predicted octanol–water partition coefficient (Wildman–Crippen LogP) is 5.57. The second-order valence-electron chi connectivity index (χ2n) is 7.81. The molecule has 2 fully saturated rings. The summed E-state index contributed by atoms with van der Waals surface area (Å²) in [6.07, 6.45) is -10.9. The van der Waals surface area contributed by atoms with Crippen molar-refractivity contribution in [2.24, 2.45) is 23.2 Å². The van der Waals surface area contributed by atoms with E-state index in [1.54, 1.807) is 0 Å². The molecule has 2 saturated carbocycles. The van der Waals surface area contributed by atoms with E-state index < -0.39 is 18.4 Å². The molecule has 128 valence electrons. The first-order valence-electron chi connectivity index (χ1n) is 7.55. The number of halogens is 5. The SMILES string of the molecule is CC(C)=C1C2CC(CC2OC(F)(F)C(F)(F)F)C1C(C)(C)C. The van der Waals surface area contributed by atoms with Gasteiger partial charge >= 0.3 is 12.3 Å². The van der Waals surface area contributed by atoms with Crippen molar-refractivity contribution in [2.45, 2.75) is 65.8 Å². The zero-order valence-corrected chi connectivity index (χ0v) is 13.5. The zero-order chi connectivity index (χ0) is 17.1. The number of allylic oxidation sites excluding steroid dienone is 1. The fourth-order valence-electron chi connectivity index (χ4n) is 4.36. The number of hydrogen-bond donors (Lipinski definition) is 0. The normalized spacial score (nSPS) is 32.7. The largest absolute Gasteiger partial charge is 0.482 e. The molecule has 1 nitrogen and oxygen atoms in total. The summed E-state index contributed by atoms with van der Waals surface area (Å²) in [5.74, 6) is 0.0123. The fourth-order valence-corrected chi connectivity index (χ4v) is 4.36. The van der Waals surface area contributed by atoms with Crippen LogP contribution in [0.2, 0.25) is 0 Å². The molecule has 0 N–H and O–H groups in total. The lowest BCUT2D eigenvalue weighted by Crippen LogP contribution is -2.45. The Bertz CT molecular complexity index is 468. The van der Waals surface area contributed by atoms with Crippen LogP contribution in [-0.4, -0.2) is 18.4 Å². The smallest absolute Gasteiger partial charge is 0.309 e. The molecule has 0 aromatic carbocycles. The number of alkyl halides is 5. The van der Waals surface area contributed by atoms with Gasteiger partial charge in [-0.15, -0.1) is 0 Å². The van der Waals surface area contributed by atoms with Crippen LogP contribution in [-0.2, 0) is 4.74 Å². The Kier molecular flexibility index (Phi) is 4.17. The minimum atomic E-state index is -5.66. The van der Waals surface area contributed by atoms with E-state index in [4.69, 9.17) is 0 Å². The molecule has 2 bridgehead atoms. The van der Waals surface area contributed by atoms with Gasteiger partial charge in [0.15, 0.2) is 0 Å². The van der Waals surface area contributed by atoms with Gasteiger partial charge in [0.2, 0.25) is 0 Å². The maximum Gasteiger partial charge on any atom is 0.482 e. The van der Waals surface area contributed by atoms with E-state index in [0.29, 0.717) is 6.42 Å². The number of ether oxygens (including phenoxy) is 1. The highest BCUT2D eigenvalue weighted by Crippen LogP contribution is 2.60. The highest BCUT2D eigenvalue weighted by Gasteiger charge is 2.63. The number of fused-ring (bicyclic) bond motifs is 2. The van der Waals surface area contributed by atoms with E-state index in [1.807, 2.05) is 13.8 Å². The third kappa shape index (κ3) is 2.91. The van der Waals surface area contributed by atoms with Gasteiger partial charge in [-0.2, -0.15) is 22.0 Å². The van der Waals surface area contributed by atoms with Crippen molar-refractivity contribution < 1.29 is 26.7 Å². The topological polar surface area (TPSA) is 9.23 Å². The molecular weight excluding hydrogens is 303 g/mol. The maximum absolute atomic E-state index is 13.2. The monoisotopic (exact) mass is 326 g/mol. The van der Waals surface area contributed by atoms with Gasteiger partial charge < -0.3 is 4.74 Å². The first-order chi connectivity index (χ1) is 9.75. The van der Waals surface area contributed by atoms with Gasteiger partial charge in [-0.25, -0.2) is 0 Å². The summed E-state index contributed by atoms with van der Waals surface area (Å²) < 4.78 is 67.7. The molecule has 0 radical (unpaired) electrons. The summed E-state index contributed by atoms with van der Waals surface area (Å²) in [6.45, 7) is 10.0. The Morgan fingerprint density at radius 2 is 1.55 bits per heavy atom. The van der Waals surface area contributed by atoms with Crippen LogP contribution in [0.5, 0.6) is 0 Å². The van der Waals surface area contributed by atoms with E-state index in [1.165, 1.54) is 0 Å². The molecule has 0 heterocycles. The van der Waals surface area contributed by atoms with Crippen molar-refractivity contribution in [3.63, 3.8) is 0 Å². The number of hydrogen-bond acceptors (Lipinski definition) is 1. The third-order valence-electron chi connectivity index (χ3n) is 4.89. The van der Waals surface area contributed by atoms with Crippen LogP contribution in [0.4, 0.5) is 22.0 Å². The summed E-state index contributed by atoms with van der Waals surface area (Å²) >= 11 is 0. The van der Waals surface area contributed by atoms with Gasteiger partial charge in [0.1, 0.15) is 0 Å². The fraction of sp³-hybridized carbons (Fsp3) is 0.875. The van der Waals surface area contributed by atoms with E-state index in [-0.39, 0.29) is 29.6 Å². The zero-order valence-electron chi connectivity index (χ0n) is 13.5.